The van der Waals surface area contributed by atoms with Gasteiger partial charge in [0.15, 0.2) is 0 Å². The predicted molar refractivity (Wildman–Crippen MR) is 94.8 cm³/mol. The number of aromatic nitrogens is 2. The second-order valence-corrected chi connectivity index (χ2v) is 6.29. The molecule has 3 rings (SSSR count). The Hall–Kier alpha value is -1.60. The molecule has 1 aromatic rings. The first kappa shape index (κ1) is 18.7. The van der Waals surface area contributed by atoms with Crippen LogP contribution in [0.15, 0.2) is 12.3 Å². The summed E-state index contributed by atoms with van der Waals surface area (Å²) in [6.07, 6.45) is 3.59. The number of nitrogens with zero attached hydrogens (tertiary/aromatic N) is 4. The number of carbonyl (C=O) groups excluding carboxylic acids is 1. The van der Waals surface area contributed by atoms with Crippen LogP contribution < -0.4 is 15.0 Å². The molecule has 134 valence electrons. The molecule has 8 heteroatoms. The largest absolute Gasteiger partial charge is 0.481 e. The molecule has 2 fully saturated rings. The number of hydrogen-bond donors (Lipinski definition) is 1. The lowest BCUT2D eigenvalue weighted by Gasteiger charge is -2.38. The number of piperidine rings is 1. The zero-order valence-corrected chi connectivity index (χ0v) is 15.1. The molecule has 2 atom stereocenters. The fourth-order valence-electron chi connectivity index (χ4n) is 3.34. The Morgan fingerprint density at radius 2 is 2.08 bits per heavy atom. The minimum absolute atomic E-state index is 0. The Balaban J connectivity index is 0.00000208. The van der Waals surface area contributed by atoms with E-state index in [1.807, 2.05) is 4.90 Å². The van der Waals surface area contributed by atoms with Gasteiger partial charge in [0.2, 0.25) is 17.7 Å². The SMILES string of the molecule is COc1ccnc(N2CCN(C(=O)[C@H]3CCN[C@@H](C)C3)CC2)n1.Cl. The first-order chi connectivity index (χ1) is 11.2. The van der Waals surface area contributed by atoms with Gasteiger partial charge in [-0.25, -0.2) is 4.98 Å². The van der Waals surface area contributed by atoms with Crippen molar-refractivity contribution in [3.8, 4) is 5.88 Å². The van der Waals surface area contributed by atoms with E-state index in [0.29, 0.717) is 23.8 Å². The summed E-state index contributed by atoms with van der Waals surface area (Å²) >= 11 is 0. The molecule has 3 heterocycles. The Bertz CT molecular complexity index is 551. The van der Waals surface area contributed by atoms with Crippen molar-refractivity contribution in [2.45, 2.75) is 25.8 Å². The normalized spacial score (nSPS) is 24.2. The summed E-state index contributed by atoms with van der Waals surface area (Å²) in [6, 6.07) is 2.17. The number of amides is 1. The van der Waals surface area contributed by atoms with Gasteiger partial charge in [0.25, 0.3) is 0 Å². The van der Waals surface area contributed by atoms with Crippen molar-refractivity contribution < 1.29 is 9.53 Å². The molecule has 7 nitrogen and oxygen atoms in total. The maximum atomic E-state index is 12.7. The van der Waals surface area contributed by atoms with Crippen LogP contribution in [0.25, 0.3) is 0 Å². The van der Waals surface area contributed by atoms with Crippen molar-refractivity contribution in [2.75, 3.05) is 44.7 Å². The van der Waals surface area contributed by atoms with Gasteiger partial charge in [0.1, 0.15) is 0 Å². The number of ether oxygens (including phenoxy) is 1. The van der Waals surface area contributed by atoms with Crippen LogP contribution in [0.2, 0.25) is 0 Å². The van der Waals surface area contributed by atoms with Gasteiger partial charge in [-0.1, -0.05) is 0 Å². The summed E-state index contributed by atoms with van der Waals surface area (Å²) in [6.45, 7) is 6.08. The Labute approximate surface area is 149 Å². The Kier molecular flexibility index (Phi) is 6.62. The average Bonchev–Trinajstić information content (AvgIpc) is 2.61. The summed E-state index contributed by atoms with van der Waals surface area (Å²) in [4.78, 5) is 25.4. The standard InChI is InChI=1S/C16H25N5O2.ClH/c1-12-11-13(3-5-17-12)15(22)20-7-9-21(10-8-20)16-18-6-4-14(19-16)23-2;/h4,6,12-13,17H,3,5,7-11H2,1-2H3;1H/t12-,13-;/m0./s1. The molecule has 1 amide bonds. The maximum Gasteiger partial charge on any atom is 0.228 e. The number of carbonyl (C=O) groups is 1. The second-order valence-electron chi connectivity index (χ2n) is 6.29. The van der Waals surface area contributed by atoms with Gasteiger partial charge in [-0.3, -0.25) is 4.79 Å². The van der Waals surface area contributed by atoms with Gasteiger partial charge in [-0.2, -0.15) is 4.98 Å². The second kappa shape index (κ2) is 8.48. The van der Waals surface area contributed by atoms with Gasteiger partial charge in [-0.05, 0) is 26.3 Å². The van der Waals surface area contributed by atoms with Crippen LogP contribution in [-0.4, -0.2) is 66.7 Å². The molecule has 0 bridgehead atoms. The molecule has 0 radical (unpaired) electrons. The number of piperazine rings is 1. The molecule has 0 aliphatic carbocycles. The monoisotopic (exact) mass is 355 g/mol. The summed E-state index contributed by atoms with van der Waals surface area (Å²) in [5.74, 6) is 1.72. The van der Waals surface area contributed by atoms with E-state index >= 15 is 0 Å². The zero-order chi connectivity index (χ0) is 16.2. The van der Waals surface area contributed by atoms with E-state index in [2.05, 4.69) is 27.1 Å². The highest BCUT2D eigenvalue weighted by molar-refractivity contribution is 5.85. The number of hydrogen-bond acceptors (Lipinski definition) is 6. The third-order valence-corrected chi connectivity index (χ3v) is 4.67. The quantitative estimate of drug-likeness (QED) is 0.870. The number of rotatable bonds is 3. The Morgan fingerprint density at radius 3 is 2.75 bits per heavy atom. The summed E-state index contributed by atoms with van der Waals surface area (Å²) in [5, 5.41) is 3.40. The molecule has 1 N–H and O–H groups in total. The molecule has 0 unspecified atom stereocenters. The van der Waals surface area contributed by atoms with Crippen LogP contribution in [-0.2, 0) is 4.79 Å². The van der Waals surface area contributed by atoms with Crippen molar-refractivity contribution in [3.05, 3.63) is 12.3 Å². The lowest BCUT2D eigenvalue weighted by Crippen LogP contribution is -2.52. The van der Waals surface area contributed by atoms with Crippen molar-refractivity contribution in [1.29, 1.82) is 0 Å². The summed E-state index contributed by atoms with van der Waals surface area (Å²) in [5.41, 5.74) is 0. The van der Waals surface area contributed by atoms with Gasteiger partial charge in [0, 0.05) is 50.4 Å². The van der Waals surface area contributed by atoms with Crippen LogP contribution >= 0.6 is 12.4 Å². The third kappa shape index (κ3) is 4.27. The lowest BCUT2D eigenvalue weighted by atomic mass is 9.92. The van der Waals surface area contributed by atoms with Gasteiger partial charge in [-0.15, -0.1) is 12.4 Å². The molecule has 24 heavy (non-hydrogen) atoms. The van der Waals surface area contributed by atoms with Crippen molar-refractivity contribution in [3.63, 3.8) is 0 Å². The van der Waals surface area contributed by atoms with Crippen LogP contribution in [0.4, 0.5) is 5.95 Å². The topological polar surface area (TPSA) is 70.6 Å². The highest BCUT2D eigenvalue weighted by Gasteiger charge is 2.30. The number of halogens is 1. The van der Waals surface area contributed by atoms with Crippen molar-refractivity contribution in [1.82, 2.24) is 20.2 Å². The molecule has 0 saturated carbocycles. The van der Waals surface area contributed by atoms with Gasteiger partial charge < -0.3 is 19.9 Å². The van der Waals surface area contributed by atoms with E-state index in [1.54, 1.807) is 19.4 Å². The fraction of sp³-hybridized carbons (Fsp3) is 0.688. The molecule has 0 aromatic carbocycles. The molecular weight excluding hydrogens is 330 g/mol. The minimum Gasteiger partial charge on any atom is -0.481 e. The van der Waals surface area contributed by atoms with Crippen LogP contribution in [0.1, 0.15) is 19.8 Å². The van der Waals surface area contributed by atoms with Crippen molar-refractivity contribution in [2.24, 2.45) is 5.92 Å². The predicted octanol–water partition coefficient (Wildman–Crippen LogP) is 0.944. The number of nitrogens with one attached hydrogen (secondary N) is 1. The number of anilines is 1. The highest BCUT2D eigenvalue weighted by atomic mass is 35.5. The van der Waals surface area contributed by atoms with Gasteiger partial charge >= 0.3 is 0 Å². The molecular formula is C16H26ClN5O2. The Morgan fingerprint density at radius 1 is 1.33 bits per heavy atom. The number of methoxy groups -OCH3 is 1. The van der Waals surface area contributed by atoms with E-state index in [0.717, 1.165) is 45.6 Å². The van der Waals surface area contributed by atoms with E-state index in [9.17, 15) is 4.79 Å². The highest BCUT2D eigenvalue weighted by Crippen LogP contribution is 2.21. The van der Waals surface area contributed by atoms with E-state index in [4.69, 9.17) is 4.74 Å². The minimum atomic E-state index is 0. The maximum absolute atomic E-state index is 12.7. The molecule has 2 saturated heterocycles. The van der Waals surface area contributed by atoms with Crippen molar-refractivity contribution >= 4 is 24.3 Å². The molecule has 1 aromatic heterocycles. The summed E-state index contributed by atoms with van der Waals surface area (Å²) < 4.78 is 5.15. The van der Waals surface area contributed by atoms with Crippen LogP contribution in [0.3, 0.4) is 0 Å². The van der Waals surface area contributed by atoms with Crippen LogP contribution in [0, 0.1) is 5.92 Å². The van der Waals surface area contributed by atoms with Gasteiger partial charge in [0.05, 0.1) is 7.11 Å². The van der Waals surface area contributed by atoms with E-state index < -0.39 is 0 Å². The summed E-state index contributed by atoms with van der Waals surface area (Å²) in [7, 11) is 1.60. The molecule has 2 aliphatic heterocycles. The van der Waals surface area contributed by atoms with E-state index in [-0.39, 0.29) is 18.3 Å². The molecule has 0 spiro atoms. The van der Waals surface area contributed by atoms with Crippen LogP contribution in [0.5, 0.6) is 5.88 Å². The fourth-order valence-corrected chi connectivity index (χ4v) is 3.34. The first-order valence-corrected chi connectivity index (χ1v) is 8.31. The average molecular weight is 356 g/mol. The van der Waals surface area contributed by atoms with E-state index in [1.165, 1.54) is 0 Å². The first-order valence-electron chi connectivity index (χ1n) is 8.31. The molecule has 2 aliphatic rings. The lowest BCUT2D eigenvalue weighted by molar-refractivity contribution is -0.137. The zero-order valence-electron chi connectivity index (χ0n) is 14.3. The smallest absolute Gasteiger partial charge is 0.228 e. The third-order valence-electron chi connectivity index (χ3n) is 4.67.